The first kappa shape index (κ1) is 21.2. The lowest BCUT2D eigenvalue weighted by Gasteiger charge is -2.34. The molecule has 0 unspecified atom stereocenters. The lowest BCUT2D eigenvalue weighted by Crippen LogP contribution is -2.46. The summed E-state index contributed by atoms with van der Waals surface area (Å²) in [4.78, 5) is 25.5. The van der Waals surface area contributed by atoms with Crippen LogP contribution in [0.5, 0.6) is 0 Å². The quantitative estimate of drug-likeness (QED) is 0.320. The van der Waals surface area contributed by atoms with Crippen molar-refractivity contribution in [1.29, 1.82) is 0 Å². The molecule has 0 aliphatic rings. The van der Waals surface area contributed by atoms with E-state index in [1.165, 1.54) is 0 Å². The maximum Gasteiger partial charge on any atom is 0.324 e. The summed E-state index contributed by atoms with van der Waals surface area (Å²) >= 11 is 0. The van der Waals surface area contributed by atoms with E-state index in [2.05, 4.69) is 18.4 Å². The van der Waals surface area contributed by atoms with Gasteiger partial charge in [-0.3, -0.25) is 9.59 Å². The Kier molecular flexibility index (Phi) is 7.57. The lowest BCUT2D eigenvalue weighted by molar-refractivity contribution is -0.185. The third-order valence-electron chi connectivity index (χ3n) is 2.93. The second-order valence-electron chi connectivity index (χ2n) is 7.51. The molecule has 0 rings (SSSR count). The number of allylic oxidation sites excluding steroid dienone is 1. The molecule has 23 heavy (non-hydrogen) atoms. The molecule has 0 spiro atoms. The van der Waals surface area contributed by atoms with Crippen molar-refractivity contribution in [2.75, 3.05) is 0 Å². The monoisotopic (exact) mass is 322 g/mol. The topological polar surface area (TPSA) is 52.6 Å². The molecule has 130 valence electrons. The predicted molar refractivity (Wildman–Crippen MR) is 91.6 cm³/mol. The molecular formula is C19H30O4. The maximum atomic E-state index is 12.8. The van der Waals surface area contributed by atoms with Crippen molar-refractivity contribution in [1.82, 2.24) is 0 Å². The zero-order chi connectivity index (χ0) is 18.3. The van der Waals surface area contributed by atoms with E-state index in [4.69, 9.17) is 9.47 Å². The fraction of sp³-hybridized carbons (Fsp3) is 0.684. The maximum absolute atomic E-state index is 12.8. The standard InChI is InChI=1S/C19H30O4/c1-9-11-12-14-19(13-10-2,15(20)22-17(3,4)5)16(21)23-18(6,7)8/h10H,2,12-14H2,1,3-8H3. The van der Waals surface area contributed by atoms with Crippen LogP contribution in [0, 0.1) is 17.3 Å². The van der Waals surface area contributed by atoms with Crippen molar-refractivity contribution in [3.8, 4) is 11.8 Å². The Morgan fingerprint density at radius 1 is 1.00 bits per heavy atom. The van der Waals surface area contributed by atoms with Gasteiger partial charge in [0.25, 0.3) is 0 Å². The summed E-state index contributed by atoms with van der Waals surface area (Å²) in [6.07, 6.45) is 2.35. The van der Waals surface area contributed by atoms with Crippen LogP contribution in [0.3, 0.4) is 0 Å². The molecule has 0 N–H and O–H groups in total. The summed E-state index contributed by atoms with van der Waals surface area (Å²) in [5.74, 6) is 4.50. The molecule has 0 amide bonds. The molecule has 0 aromatic heterocycles. The van der Waals surface area contributed by atoms with Crippen molar-refractivity contribution in [3.63, 3.8) is 0 Å². The molecule has 0 aromatic rings. The van der Waals surface area contributed by atoms with Gasteiger partial charge >= 0.3 is 11.9 Å². The highest BCUT2D eigenvalue weighted by Gasteiger charge is 2.49. The highest BCUT2D eigenvalue weighted by atomic mass is 16.6. The van der Waals surface area contributed by atoms with E-state index in [-0.39, 0.29) is 12.8 Å². The minimum Gasteiger partial charge on any atom is -0.459 e. The van der Waals surface area contributed by atoms with Crippen LogP contribution < -0.4 is 0 Å². The zero-order valence-corrected chi connectivity index (χ0v) is 15.5. The molecule has 0 bridgehead atoms. The summed E-state index contributed by atoms with van der Waals surface area (Å²) in [6, 6.07) is 0. The predicted octanol–water partition coefficient (Wildman–Crippen LogP) is 4.04. The number of esters is 2. The molecule has 0 fully saturated rings. The average Bonchev–Trinajstić information content (AvgIpc) is 2.33. The largest absolute Gasteiger partial charge is 0.459 e. The van der Waals surface area contributed by atoms with Crippen LogP contribution in [0.1, 0.15) is 67.7 Å². The molecule has 0 aliphatic heterocycles. The van der Waals surface area contributed by atoms with Crippen LogP contribution >= 0.6 is 0 Å². The smallest absolute Gasteiger partial charge is 0.324 e. The minimum atomic E-state index is -1.41. The second-order valence-corrected chi connectivity index (χ2v) is 7.51. The Balaban J connectivity index is 5.73. The van der Waals surface area contributed by atoms with Crippen molar-refractivity contribution in [2.24, 2.45) is 5.41 Å². The third-order valence-corrected chi connectivity index (χ3v) is 2.93. The van der Waals surface area contributed by atoms with Crippen LogP contribution in [0.4, 0.5) is 0 Å². The number of hydrogen-bond donors (Lipinski definition) is 0. The van der Waals surface area contributed by atoms with Crippen molar-refractivity contribution >= 4 is 11.9 Å². The highest BCUT2D eigenvalue weighted by Crippen LogP contribution is 2.35. The van der Waals surface area contributed by atoms with Gasteiger partial charge in [-0.25, -0.2) is 0 Å². The first-order chi connectivity index (χ1) is 10.4. The SMILES string of the molecule is C=CCC(CCC#CC)(C(=O)OC(C)(C)C)C(=O)OC(C)(C)C. The third kappa shape index (κ3) is 7.36. The number of carbonyl (C=O) groups is 2. The Labute approximate surface area is 140 Å². The lowest BCUT2D eigenvalue weighted by atomic mass is 9.79. The van der Waals surface area contributed by atoms with E-state index in [0.717, 1.165) is 0 Å². The fourth-order valence-electron chi connectivity index (χ4n) is 1.96. The number of ether oxygens (including phenoxy) is 2. The molecule has 4 nitrogen and oxygen atoms in total. The van der Waals surface area contributed by atoms with Gasteiger partial charge in [-0.2, -0.15) is 0 Å². The van der Waals surface area contributed by atoms with E-state index in [1.807, 2.05) is 0 Å². The fourth-order valence-corrected chi connectivity index (χ4v) is 1.96. The van der Waals surface area contributed by atoms with Gasteiger partial charge in [0.15, 0.2) is 5.41 Å². The van der Waals surface area contributed by atoms with Gasteiger partial charge in [-0.05, 0) is 61.3 Å². The summed E-state index contributed by atoms with van der Waals surface area (Å²) in [7, 11) is 0. The molecule has 0 atom stereocenters. The van der Waals surface area contributed by atoms with Gasteiger partial charge in [-0.15, -0.1) is 18.4 Å². The van der Waals surface area contributed by atoms with Crippen molar-refractivity contribution in [2.45, 2.75) is 78.9 Å². The Morgan fingerprint density at radius 3 is 1.74 bits per heavy atom. The normalized spacial score (nSPS) is 12.0. The molecule has 0 aliphatic carbocycles. The van der Waals surface area contributed by atoms with E-state index >= 15 is 0 Å². The zero-order valence-electron chi connectivity index (χ0n) is 15.5. The summed E-state index contributed by atoms with van der Waals surface area (Å²) < 4.78 is 11.0. The Bertz CT molecular complexity index is 464. The van der Waals surface area contributed by atoms with Crippen molar-refractivity contribution < 1.29 is 19.1 Å². The van der Waals surface area contributed by atoms with Gasteiger partial charge in [-0.1, -0.05) is 6.08 Å². The molecule has 0 heterocycles. The summed E-state index contributed by atoms with van der Waals surface area (Å²) in [5.41, 5.74) is -2.80. The first-order valence-corrected chi connectivity index (χ1v) is 7.85. The van der Waals surface area contributed by atoms with Gasteiger partial charge in [0.1, 0.15) is 11.2 Å². The minimum absolute atomic E-state index is 0.155. The number of rotatable bonds is 6. The van der Waals surface area contributed by atoms with E-state index in [1.54, 1.807) is 54.5 Å². The molecular weight excluding hydrogens is 292 g/mol. The van der Waals surface area contributed by atoms with Gasteiger partial charge < -0.3 is 9.47 Å². The molecule has 0 radical (unpaired) electrons. The number of carbonyl (C=O) groups excluding carboxylic acids is 2. The number of hydrogen-bond acceptors (Lipinski definition) is 4. The Hall–Kier alpha value is -1.76. The van der Waals surface area contributed by atoms with E-state index in [0.29, 0.717) is 6.42 Å². The summed E-state index contributed by atoms with van der Waals surface area (Å²) in [6.45, 7) is 16.0. The highest BCUT2D eigenvalue weighted by molar-refractivity contribution is 6.00. The average molecular weight is 322 g/mol. The van der Waals surface area contributed by atoms with Crippen LogP contribution in [-0.4, -0.2) is 23.1 Å². The molecule has 0 saturated heterocycles. The molecule has 0 aromatic carbocycles. The van der Waals surface area contributed by atoms with Gasteiger partial charge in [0.2, 0.25) is 0 Å². The van der Waals surface area contributed by atoms with Crippen LogP contribution in [0.2, 0.25) is 0 Å². The summed E-state index contributed by atoms with van der Waals surface area (Å²) in [5, 5.41) is 0. The molecule has 0 saturated carbocycles. The van der Waals surface area contributed by atoms with Crippen LogP contribution in [0.15, 0.2) is 12.7 Å². The first-order valence-electron chi connectivity index (χ1n) is 7.85. The van der Waals surface area contributed by atoms with Crippen LogP contribution in [0.25, 0.3) is 0 Å². The van der Waals surface area contributed by atoms with Gasteiger partial charge in [0, 0.05) is 6.42 Å². The van der Waals surface area contributed by atoms with Gasteiger partial charge in [0.05, 0.1) is 0 Å². The van der Waals surface area contributed by atoms with E-state index in [9.17, 15) is 9.59 Å². The van der Waals surface area contributed by atoms with Crippen molar-refractivity contribution in [3.05, 3.63) is 12.7 Å². The van der Waals surface area contributed by atoms with Crippen LogP contribution in [-0.2, 0) is 19.1 Å². The second kappa shape index (κ2) is 8.19. The molecule has 4 heteroatoms. The Morgan fingerprint density at radius 2 is 1.43 bits per heavy atom. The van der Waals surface area contributed by atoms with E-state index < -0.39 is 28.6 Å².